The molecule has 2 amide bonds. The van der Waals surface area contributed by atoms with E-state index in [4.69, 9.17) is 0 Å². The lowest BCUT2D eigenvalue weighted by atomic mass is 10.1. The number of unbranched alkanes of at least 4 members (excludes halogenated alkanes) is 3. The molecule has 0 spiro atoms. The average Bonchev–Trinajstić information content (AvgIpc) is 2.71. The van der Waals surface area contributed by atoms with Crippen molar-refractivity contribution in [1.29, 1.82) is 0 Å². The number of rotatable bonds is 11. The largest absolute Gasteiger partial charge is 0.326 e. The van der Waals surface area contributed by atoms with E-state index in [1.807, 2.05) is 0 Å². The molecule has 0 radical (unpaired) electrons. The molecule has 0 aliphatic rings. The molecule has 0 aliphatic heterocycles. The van der Waals surface area contributed by atoms with Crippen molar-refractivity contribution in [1.82, 2.24) is 0 Å². The van der Waals surface area contributed by atoms with E-state index in [-0.39, 0.29) is 23.2 Å². The van der Waals surface area contributed by atoms with Crippen LogP contribution < -0.4 is 10.6 Å². The number of non-ortho nitro benzene ring substituents is 2. The minimum Gasteiger partial charge on any atom is -0.326 e. The highest BCUT2D eigenvalue weighted by molar-refractivity contribution is 5.91. The third kappa shape index (κ3) is 7.66. The minimum absolute atomic E-state index is 0.0365. The van der Waals surface area contributed by atoms with Crippen LogP contribution in [0.15, 0.2) is 48.5 Å². The Hall–Kier alpha value is -3.82. The Morgan fingerprint density at radius 3 is 1.27 bits per heavy atom. The van der Waals surface area contributed by atoms with Crippen LogP contribution in [0.2, 0.25) is 0 Å². The summed E-state index contributed by atoms with van der Waals surface area (Å²) in [5.41, 5.74) is 0.943. The molecule has 10 nitrogen and oxygen atoms in total. The summed E-state index contributed by atoms with van der Waals surface area (Å²) in [6, 6.07) is 11.3. The van der Waals surface area contributed by atoms with E-state index >= 15 is 0 Å². The highest BCUT2D eigenvalue weighted by Gasteiger charge is 2.08. The van der Waals surface area contributed by atoms with Crippen molar-refractivity contribution in [2.24, 2.45) is 0 Å². The van der Waals surface area contributed by atoms with Gasteiger partial charge in [-0.1, -0.05) is 12.8 Å². The minimum atomic E-state index is -0.502. The lowest BCUT2D eigenvalue weighted by Gasteiger charge is -2.06. The van der Waals surface area contributed by atoms with E-state index in [2.05, 4.69) is 10.6 Å². The van der Waals surface area contributed by atoms with Crippen molar-refractivity contribution in [3.8, 4) is 0 Å². The molecular weight excluding hydrogens is 392 g/mol. The molecule has 2 aromatic rings. The number of nitro groups is 2. The van der Waals surface area contributed by atoms with Crippen molar-refractivity contribution in [2.45, 2.75) is 38.5 Å². The zero-order chi connectivity index (χ0) is 21.9. The Balaban J connectivity index is 1.57. The van der Waals surface area contributed by atoms with Crippen LogP contribution in [0.5, 0.6) is 0 Å². The molecule has 0 saturated carbocycles. The SMILES string of the molecule is O=C(CCCCCCC(=O)Nc1ccc([N+](=O)[O-])cc1)Nc1ccc([N+](=O)[O-])cc1. The van der Waals surface area contributed by atoms with Gasteiger partial charge in [0.1, 0.15) is 0 Å². The fourth-order valence-electron chi connectivity index (χ4n) is 2.70. The first-order chi connectivity index (χ1) is 14.3. The molecule has 2 N–H and O–H groups in total. The predicted octanol–water partition coefficient (Wildman–Crippen LogP) is 4.42. The summed E-state index contributed by atoms with van der Waals surface area (Å²) < 4.78 is 0. The number of nitrogens with one attached hydrogen (secondary N) is 2. The normalized spacial score (nSPS) is 10.3. The van der Waals surface area contributed by atoms with E-state index in [0.717, 1.165) is 12.8 Å². The zero-order valence-corrected chi connectivity index (χ0v) is 16.2. The number of nitro benzene ring substituents is 2. The number of benzene rings is 2. The number of amides is 2. The van der Waals surface area contributed by atoms with Gasteiger partial charge in [-0.25, -0.2) is 0 Å². The van der Waals surface area contributed by atoms with E-state index in [9.17, 15) is 29.8 Å². The van der Waals surface area contributed by atoms with Gasteiger partial charge < -0.3 is 10.6 Å². The van der Waals surface area contributed by atoms with Crippen LogP contribution in [0.1, 0.15) is 38.5 Å². The smallest absolute Gasteiger partial charge is 0.269 e. The summed E-state index contributed by atoms with van der Waals surface area (Å²) in [6.45, 7) is 0. The van der Waals surface area contributed by atoms with Crippen molar-refractivity contribution in [2.75, 3.05) is 10.6 Å². The lowest BCUT2D eigenvalue weighted by molar-refractivity contribution is -0.385. The Labute approximate surface area is 172 Å². The van der Waals surface area contributed by atoms with Gasteiger partial charge >= 0.3 is 0 Å². The second-order valence-electron chi connectivity index (χ2n) is 6.62. The fraction of sp³-hybridized carbons (Fsp3) is 0.300. The number of nitrogens with zero attached hydrogens (tertiary/aromatic N) is 2. The van der Waals surface area contributed by atoms with E-state index in [1.165, 1.54) is 48.5 Å². The molecular formula is C20H22N4O6. The van der Waals surface area contributed by atoms with E-state index in [0.29, 0.717) is 37.1 Å². The Bertz CT molecular complexity index is 821. The second kappa shape index (κ2) is 11.2. The molecule has 0 fully saturated rings. The van der Waals surface area contributed by atoms with Crippen LogP contribution in [0, 0.1) is 20.2 Å². The van der Waals surface area contributed by atoms with Crippen LogP contribution in [-0.2, 0) is 9.59 Å². The van der Waals surface area contributed by atoms with Crippen LogP contribution in [-0.4, -0.2) is 21.7 Å². The highest BCUT2D eigenvalue weighted by Crippen LogP contribution is 2.17. The Morgan fingerprint density at radius 2 is 0.967 bits per heavy atom. The number of hydrogen-bond acceptors (Lipinski definition) is 6. The third-order valence-corrected chi connectivity index (χ3v) is 4.28. The molecule has 10 heteroatoms. The van der Waals surface area contributed by atoms with Gasteiger partial charge in [0.15, 0.2) is 0 Å². The summed E-state index contributed by atoms with van der Waals surface area (Å²) in [5.74, 6) is -0.334. The summed E-state index contributed by atoms with van der Waals surface area (Å²) in [4.78, 5) is 44.0. The molecule has 0 aromatic heterocycles. The average molecular weight is 414 g/mol. The van der Waals surface area contributed by atoms with E-state index in [1.54, 1.807) is 0 Å². The van der Waals surface area contributed by atoms with Gasteiger partial charge in [0.05, 0.1) is 9.85 Å². The summed E-state index contributed by atoms with van der Waals surface area (Å²) in [5, 5.41) is 26.6. The second-order valence-corrected chi connectivity index (χ2v) is 6.62. The first-order valence-electron chi connectivity index (χ1n) is 9.44. The number of anilines is 2. The lowest BCUT2D eigenvalue weighted by Crippen LogP contribution is -2.11. The van der Waals surface area contributed by atoms with Crippen molar-refractivity contribution < 1.29 is 19.4 Å². The summed E-state index contributed by atoms with van der Waals surface area (Å²) in [6.07, 6.45) is 3.57. The van der Waals surface area contributed by atoms with Crippen molar-refractivity contribution in [3.63, 3.8) is 0 Å². The quantitative estimate of drug-likeness (QED) is 0.316. The van der Waals surface area contributed by atoms with Crippen molar-refractivity contribution in [3.05, 3.63) is 68.8 Å². The topological polar surface area (TPSA) is 144 Å². The predicted molar refractivity (Wildman–Crippen MR) is 111 cm³/mol. The molecule has 0 saturated heterocycles. The van der Waals surface area contributed by atoms with Crippen LogP contribution >= 0.6 is 0 Å². The molecule has 30 heavy (non-hydrogen) atoms. The van der Waals surface area contributed by atoms with Crippen LogP contribution in [0.3, 0.4) is 0 Å². The fourth-order valence-corrected chi connectivity index (χ4v) is 2.70. The first-order valence-corrected chi connectivity index (χ1v) is 9.44. The number of carbonyl (C=O) groups is 2. The Kier molecular flexibility index (Phi) is 8.42. The number of hydrogen-bond donors (Lipinski definition) is 2. The van der Waals surface area contributed by atoms with Gasteiger partial charge in [-0.2, -0.15) is 0 Å². The standard InChI is InChI=1S/C20H22N4O6/c25-19(21-15-7-11-17(12-8-15)23(27)28)5-3-1-2-4-6-20(26)22-16-9-13-18(14-10-16)24(29)30/h7-14H,1-6H2,(H,21,25)(H,22,26). The van der Waals surface area contributed by atoms with Crippen molar-refractivity contribution >= 4 is 34.6 Å². The highest BCUT2D eigenvalue weighted by atomic mass is 16.6. The molecule has 0 heterocycles. The summed E-state index contributed by atoms with van der Waals surface area (Å²) >= 11 is 0. The van der Waals surface area contributed by atoms with Gasteiger partial charge in [0.25, 0.3) is 11.4 Å². The zero-order valence-electron chi connectivity index (χ0n) is 16.2. The van der Waals surface area contributed by atoms with Gasteiger partial charge in [-0.3, -0.25) is 29.8 Å². The number of carbonyl (C=O) groups excluding carboxylic acids is 2. The molecule has 0 aliphatic carbocycles. The molecule has 158 valence electrons. The van der Waals surface area contributed by atoms with Crippen LogP contribution in [0.4, 0.5) is 22.7 Å². The maximum atomic E-state index is 11.9. The molecule has 0 bridgehead atoms. The van der Waals surface area contributed by atoms with E-state index < -0.39 is 9.85 Å². The summed E-state index contributed by atoms with van der Waals surface area (Å²) in [7, 11) is 0. The maximum Gasteiger partial charge on any atom is 0.269 e. The van der Waals surface area contributed by atoms with Gasteiger partial charge in [0.2, 0.25) is 11.8 Å². The Morgan fingerprint density at radius 1 is 0.633 bits per heavy atom. The molecule has 0 atom stereocenters. The first kappa shape index (κ1) is 22.5. The van der Waals surface area contributed by atoms with Gasteiger partial charge in [0, 0.05) is 48.5 Å². The maximum absolute atomic E-state index is 11.9. The van der Waals surface area contributed by atoms with Gasteiger partial charge in [-0.15, -0.1) is 0 Å². The monoisotopic (exact) mass is 414 g/mol. The molecule has 2 rings (SSSR count). The third-order valence-electron chi connectivity index (χ3n) is 4.28. The van der Waals surface area contributed by atoms with Crippen LogP contribution in [0.25, 0.3) is 0 Å². The molecule has 2 aromatic carbocycles. The molecule has 0 unspecified atom stereocenters. The van der Waals surface area contributed by atoms with Gasteiger partial charge in [-0.05, 0) is 37.1 Å².